The fourth-order valence-corrected chi connectivity index (χ4v) is 4.42. The number of thioether (sulfide) groups is 1. The molecule has 6 nitrogen and oxygen atoms in total. The van der Waals surface area contributed by atoms with E-state index in [4.69, 9.17) is 18.9 Å². The number of benzene rings is 2. The van der Waals surface area contributed by atoms with Crippen molar-refractivity contribution in [2.45, 2.75) is 48.0 Å². The number of hydrogen-bond acceptors (Lipinski definition) is 7. The first kappa shape index (κ1) is 19.7. The molecular formula is C21H24O6S. The van der Waals surface area contributed by atoms with Crippen molar-refractivity contribution < 1.29 is 29.2 Å². The van der Waals surface area contributed by atoms with E-state index in [1.165, 1.54) is 11.8 Å². The Bertz CT molecular complexity index is 778. The molecule has 150 valence electrons. The van der Waals surface area contributed by atoms with Crippen LogP contribution in [0.2, 0.25) is 0 Å². The summed E-state index contributed by atoms with van der Waals surface area (Å²) in [5, 5.41) is 21.3. The van der Waals surface area contributed by atoms with Crippen molar-refractivity contribution >= 4 is 11.8 Å². The predicted octanol–water partition coefficient (Wildman–Crippen LogP) is 2.66. The fourth-order valence-electron chi connectivity index (χ4n) is 3.36. The van der Waals surface area contributed by atoms with Gasteiger partial charge in [-0.05, 0) is 31.2 Å². The highest BCUT2D eigenvalue weighted by Crippen LogP contribution is 2.39. The molecule has 2 N–H and O–H groups in total. The Morgan fingerprint density at radius 1 is 0.964 bits per heavy atom. The molecule has 0 radical (unpaired) electrons. The summed E-state index contributed by atoms with van der Waals surface area (Å²) < 4.78 is 22.9. The summed E-state index contributed by atoms with van der Waals surface area (Å²) in [6.07, 6.45) is -3.87. The second kappa shape index (κ2) is 8.41. The van der Waals surface area contributed by atoms with Gasteiger partial charge in [0.2, 0.25) is 0 Å². The maximum absolute atomic E-state index is 10.7. The Labute approximate surface area is 168 Å². The van der Waals surface area contributed by atoms with Crippen molar-refractivity contribution in [2.75, 3.05) is 13.7 Å². The number of aryl methyl sites for hydroxylation is 1. The molecule has 2 heterocycles. The van der Waals surface area contributed by atoms with Gasteiger partial charge < -0.3 is 29.2 Å². The first-order valence-electron chi connectivity index (χ1n) is 9.21. The van der Waals surface area contributed by atoms with Crippen molar-refractivity contribution in [3.63, 3.8) is 0 Å². The van der Waals surface area contributed by atoms with Gasteiger partial charge in [0, 0.05) is 10.5 Å². The molecule has 0 aromatic heterocycles. The second-order valence-corrected chi connectivity index (χ2v) is 8.17. The lowest BCUT2D eigenvalue weighted by Gasteiger charge is -2.46. The molecule has 2 aliphatic rings. The van der Waals surface area contributed by atoms with Crippen molar-refractivity contribution in [1.82, 2.24) is 0 Å². The summed E-state index contributed by atoms with van der Waals surface area (Å²) in [5.74, 6) is 0.741. The molecule has 0 spiro atoms. The van der Waals surface area contributed by atoms with Crippen LogP contribution < -0.4 is 4.74 Å². The van der Waals surface area contributed by atoms with Crippen LogP contribution in [0.4, 0.5) is 0 Å². The van der Waals surface area contributed by atoms with Crippen LogP contribution in [0.5, 0.6) is 5.75 Å². The molecule has 6 atom stereocenters. The van der Waals surface area contributed by atoms with E-state index in [9.17, 15) is 10.2 Å². The quantitative estimate of drug-likeness (QED) is 0.811. The van der Waals surface area contributed by atoms with Gasteiger partial charge in [-0.2, -0.15) is 0 Å². The molecule has 1 unspecified atom stereocenters. The summed E-state index contributed by atoms with van der Waals surface area (Å²) in [6, 6.07) is 15.3. The molecule has 0 amide bonds. The molecule has 28 heavy (non-hydrogen) atoms. The van der Waals surface area contributed by atoms with Gasteiger partial charge in [0.15, 0.2) is 6.29 Å². The third-order valence-corrected chi connectivity index (χ3v) is 6.16. The van der Waals surface area contributed by atoms with Gasteiger partial charge in [0.25, 0.3) is 0 Å². The average molecular weight is 404 g/mol. The zero-order valence-electron chi connectivity index (χ0n) is 15.7. The zero-order valence-corrected chi connectivity index (χ0v) is 16.5. The van der Waals surface area contributed by atoms with Gasteiger partial charge >= 0.3 is 0 Å². The molecule has 2 saturated heterocycles. The molecule has 7 heteroatoms. The zero-order chi connectivity index (χ0) is 19.7. The van der Waals surface area contributed by atoms with E-state index < -0.39 is 36.1 Å². The maximum Gasteiger partial charge on any atom is 0.184 e. The van der Waals surface area contributed by atoms with E-state index >= 15 is 0 Å². The summed E-state index contributed by atoms with van der Waals surface area (Å²) in [7, 11) is 1.61. The summed E-state index contributed by atoms with van der Waals surface area (Å²) >= 11 is 1.38. The third kappa shape index (κ3) is 4.05. The lowest BCUT2D eigenvalue weighted by atomic mass is 9.99. The van der Waals surface area contributed by atoms with E-state index in [1.807, 2.05) is 55.5 Å². The minimum Gasteiger partial charge on any atom is -0.497 e. The monoisotopic (exact) mass is 404 g/mol. The van der Waals surface area contributed by atoms with Crippen LogP contribution in [0.3, 0.4) is 0 Å². The van der Waals surface area contributed by atoms with Crippen LogP contribution in [0.1, 0.15) is 17.4 Å². The van der Waals surface area contributed by atoms with Crippen molar-refractivity contribution in [1.29, 1.82) is 0 Å². The SMILES string of the molecule is COc1ccc(C2OC[C@H]3O[C@@H](Sc4ccc(C)cc4)[C@H](O)[C@@H](O)[C@H]3O2)cc1. The fraction of sp³-hybridized carbons (Fsp3) is 0.429. The van der Waals surface area contributed by atoms with Gasteiger partial charge in [-0.1, -0.05) is 41.6 Å². The number of ether oxygens (including phenoxy) is 4. The van der Waals surface area contributed by atoms with E-state index in [0.717, 1.165) is 21.8 Å². The van der Waals surface area contributed by atoms with Crippen molar-refractivity contribution in [3.05, 3.63) is 59.7 Å². The molecule has 0 aliphatic carbocycles. The Morgan fingerprint density at radius 3 is 2.36 bits per heavy atom. The molecular weight excluding hydrogens is 380 g/mol. The molecule has 2 aromatic carbocycles. The third-order valence-electron chi connectivity index (χ3n) is 4.99. The largest absolute Gasteiger partial charge is 0.497 e. The Hall–Kier alpha value is -1.61. The van der Waals surface area contributed by atoms with E-state index in [1.54, 1.807) is 7.11 Å². The second-order valence-electron chi connectivity index (χ2n) is 6.99. The smallest absolute Gasteiger partial charge is 0.184 e. The Morgan fingerprint density at radius 2 is 1.68 bits per heavy atom. The molecule has 0 saturated carbocycles. The lowest BCUT2D eigenvalue weighted by molar-refractivity contribution is -0.318. The number of aliphatic hydroxyl groups is 2. The van der Waals surface area contributed by atoms with Crippen molar-refractivity contribution in [2.24, 2.45) is 0 Å². The topological polar surface area (TPSA) is 77.4 Å². The number of fused-ring (bicyclic) bond motifs is 1. The summed E-state index contributed by atoms with van der Waals surface area (Å²) in [6.45, 7) is 2.29. The van der Waals surface area contributed by atoms with Gasteiger partial charge in [0.1, 0.15) is 35.6 Å². The number of hydrogen-bond donors (Lipinski definition) is 2. The van der Waals surface area contributed by atoms with Crippen LogP contribution in [0, 0.1) is 6.92 Å². The summed E-state index contributed by atoms with van der Waals surface area (Å²) in [4.78, 5) is 0.967. The van der Waals surface area contributed by atoms with E-state index in [2.05, 4.69) is 0 Å². The molecule has 4 rings (SSSR count). The first-order chi connectivity index (χ1) is 13.5. The first-order valence-corrected chi connectivity index (χ1v) is 10.1. The van der Waals surface area contributed by atoms with Gasteiger partial charge in [0.05, 0.1) is 13.7 Å². The number of rotatable bonds is 4. The van der Waals surface area contributed by atoms with Crippen LogP contribution in [-0.4, -0.2) is 53.8 Å². The highest BCUT2D eigenvalue weighted by atomic mass is 32.2. The Kier molecular flexibility index (Phi) is 5.91. The Balaban J connectivity index is 1.43. The minimum absolute atomic E-state index is 0.274. The average Bonchev–Trinajstić information content (AvgIpc) is 2.73. The highest BCUT2D eigenvalue weighted by Gasteiger charge is 2.49. The normalized spacial score (nSPS) is 32.6. The van der Waals surface area contributed by atoms with Gasteiger partial charge in [-0.15, -0.1) is 0 Å². The van der Waals surface area contributed by atoms with Gasteiger partial charge in [-0.25, -0.2) is 0 Å². The van der Waals surface area contributed by atoms with Crippen LogP contribution in [-0.2, 0) is 14.2 Å². The minimum atomic E-state index is -1.07. The summed E-state index contributed by atoms with van der Waals surface area (Å²) in [5.41, 5.74) is 1.38. The van der Waals surface area contributed by atoms with E-state index in [-0.39, 0.29) is 6.61 Å². The van der Waals surface area contributed by atoms with E-state index in [0.29, 0.717) is 0 Å². The van der Waals surface area contributed by atoms with Crippen LogP contribution in [0.15, 0.2) is 53.4 Å². The number of aliphatic hydroxyl groups excluding tert-OH is 2. The molecule has 0 bridgehead atoms. The lowest BCUT2D eigenvalue weighted by Crippen LogP contribution is -2.60. The molecule has 2 aromatic rings. The van der Waals surface area contributed by atoms with Gasteiger partial charge in [-0.3, -0.25) is 0 Å². The maximum atomic E-state index is 10.7. The predicted molar refractivity (Wildman–Crippen MR) is 104 cm³/mol. The van der Waals surface area contributed by atoms with Crippen molar-refractivity contribution in [3.8, 4) is 5.75 Å². The molecule has 2 fully saturated rings. The standard InChI is InChI=1S/C21H24O6S/c1-12-3-9-15(10-4-12)28-21-18(23)17(22)19-16(26-21)11-25-20(27-19)13-5-7-14(24-2)8-6-13/h3-10,16-23H,11H2,1-2H3/t16-,17-,18-,19+,20?,21+/m1/s1. The number of methoxy groups -OCH3 is 1. The molecule has 2 aliphatic heterocycles. The highest BCUT2D eigenvalue weighted by molar-refractivity contribution is 7.99. The van der Waals surface area contributed by atoms with Crippen LogP contribution in [0.25, 0.3) is 0 Å². The van der Waals surface area contributed by atoms with Crippen LogP contribution >= 0.6 is 11.8 Å².